The molecule has 8 nitrogen and oxygen atoms in total. The molecule has 0 atom stereocenters. The van der Waals surface area contributed by atoms with Crippen molar-refractivity contribution in [1.29, 1.82) is 0 Å². The summed E-state index contributed by atoms with van der Waals surface area (Å²) >= 11 is 12.4. The molecule has 4 heterocycles. The topological polar surface area (TPSA) is 66.0 Å². The van der Waals surface area contributed by atoms with Gasteiger partial charge in [-0.05, 0) is 23.8 Å². The lowest BCUT2D eigenvalue weighted by atomic mass is 10.0. The molecule has 6 rings (SSSR count). The first kappa shape index (κ1) is 25.6. The lowest BCUT2D eigenvalue weighted by Crippen LogP contribution is -2.47. The van der Waals surface area contributed by atoms with Gasteiger partial charge in [-0.15, -0.1) is 0 Å². The normalized spacial score (nSPS) is 19.7. The van der Waals surface area contributed by atoms with E-state index < -0.39 is 5.79 Å². The second kappa shape index (κ2) is 11.2. The predicted octanol–water partition coefficient (Wildman–Crippen LogP) is 5.19. The molecule has 0 radical (unpaired) electrons. The molecule has 0 bridgehead atoms. The zero-order valence-corrected chi connectivity index (χ0v) is 22.8. The van der Waals surface area contributed by atoms with Gasteiger partial charge in [-0.25, -0.2) is 0 Å². The van der Waals surface area contributed by atoms with Crippen LogP contribution in [0.1, 0.15) is 18.4 Å². The van der Waals surface area contributed by atoms with Crippen molar-refractivity contribution in [3.63, 3.8) is 0 Å². The summed E-state index contributed by atoms with van der Waals surface area (Å²) in [7, 11) is 0. The minimum atomic E-state index is -0.428. The summed E-state index contributed by atoms with van der Waals surface area (Å²) in [5.41, 5.74) is 2.17. The van der Waals surface area contributed by atoms with Gasteiger partial charge in [-0.3, -0.25) is 4.90 Å². The van der Waals surface area contributed by atoms with Crippen LogP contribution in [0.4, 0.5) is 23.3 Å². The number of piperidine rings is 1. The number of hydrogen-bond acceptors (Lipinski definition) is 8. The third-order valence-electron chi connectivity index (χ3n) is 7.46. The number of nitrogens with one attached hydrogen (secondary N) is 1. The fourth-order valence-electron chi connectivity index (χ4n) is 5.32. The summed E-state index contributed by atoms with van der Waals surface area (Å²) in [6.07, 6.45) is 1.64. The molecule has 0 aliphatic carbocycles. The van der Waals surface area contributed by atoms with Crippen LogP contribution in [0.25, 0.3) is 0 Å². The van der Waals surface area contributed by atoms with Gasteiger partial charge in [0, 0.05) is 70.4 Å². The summed E-state index contributed by atoms with van der Waals surface area (Å²) in [5, 5.41) is 4.43. The molecule has 1 spiro atoms. The number of anilines is 4. The Morgan fingerprint density at radius 1 is 0.789 bits per heavy atom. The summed E-state index contributed by atoms with van der Waals surface area (Å²) in [6, 6.07) is 18.1. The molecule has 0 unspecified atom stereocenters. The van der Waals surface area contributed by atoms with Crippen LogP contribution in [0.5, 0.6) is 0 Å². The van der Waals surface area contributed by atoms with E-state index in [9.17, 15) is 0 Å². The number of benzene rings is 2. The molecule has 3 aliphatic heterocycles. The Balaban J connectivity index is 1.20. The molecule has 3 aromatic rings. The summed E-state index contributed by atoms with van der Waals surface area (Å²) in [5.74, 6) is 1.93. The van der Waals surface area contributed by atoms with Crippen molar-refractivity contribution in [3.8, 4) is 0 Å². The minimum Gasteiger partial charge on any atom is -0.356 e. The van der Waals surface area contributed by atoms with Gasteiger partial charge >= 0.3 is 0 Å². The first-order chi connectivity index (χ1) is 18.6. The maximum absolute atomic E-state index is 6.27. The average molecular weight is 556 g/mol. The summed E-state index contributed by atoms with van der Waals surface area (Å²) < 4.78 is 11.9. The van der Waals surface area contributed by atoms with E-state index in [2.05, 4.69) is 50.3 Å². The second-order valence-corrected chi connectivity index (χ2v) is 10.8. The zero-order chi connectivity index (χ0) is 26.0. The van der Waals surface area contributed by atoms with Gasteiger partial charge in [0.1, 0.15) is 11.6 Å². The molecular weight excluding hydrogens is 523 g/mol. The fraction of sp³-hybridized carbons (Fsp3) is 0.429. The van der Waals surface area contributed by atoms with Crippen molar-refractivity contribution in [3.05, 3.63) is 70.2 Å². The Bertz CT molecular complexity index is 1240. The van der Waals surface area contributed by atoms with E-state index >= 15 is 0 Å². The third kappa shape index (κ3) is 5.84. The lowest BCUT2D eigenvalue weighted by Gasteiger charge is -2.39. The van der Waals surface area contributed by atoms with Crippen molar-refractivity contribution in [2.75, 3.05) is 67.6 Å². The highest BCUT2D eigenvalue weighted by atomic mass is 35.5. The Labute approximate surface area is 233 Å². The molecule has 2 aromatic carbocycles. The average Bonchev–Trinajstić information content (AvgIpc) is 3.40. The van der Waals surface area contributed by atoms with Crippen LogP contribution in [0.2, 0.25) is 10.0 Å². The zero-order valence-electron chi connectivity index (χ0n) is 21.3. The summed E-state index contributed by atoms with van der Waals surface area (Å²) in [6.45, 7) is 7.58. The smallest absolute Gasteiger partial charge is 0.229 e. The standard InChI is InChI=1S/C28H32Cl2N6O2/c29-23-7-6-22(18-24(23)30)31-25-19-26(35-10-8-28(9-11-35)37-16-17-38-28)33-27(32-25)36-14-12-34(13-15-36)20-21-4-2-1-3-5-21/h1-7,18-19H,8-17,20H2,(H,31,32,33). The maximum Gasteiger partial charge on any atom is 0.229 e. The fourth-order valence-corrected chi connectivity index (χ4v) is 5.62. The van der Waals surface area contributed by atoms with E-state index in [-0.39, 0.29) is 0 Å². The highest BCUT2D eigenvalue weighted by Crippen LogP contribution is 2.34. The lowest BCUT2D eigenvalue weighted by molar-refractivity contribution is -0.169. The second-order valence-electron chi connectivity index (χ2n) is 10.0. The van der Waals surface area contributed by atoms with E-state index in [1.165, 1.54) is 5.56 Å². The SMILES string of the molecule is Clc1ccc(Nc2cc(N3CCC4(CC3)OCCO4)nc(N3CCN(Cc4ccccc4)CC3)n2)cc1Cl. The molecule has 3 saturated heterocycles. The Morgan fingerprint density at radius 3 is 2.24 bits per heavy atom. The molecule has 1 aromatic heterocycles. The van der Waals surface area contributed by atoms with E-state index in [1.807, 2.05) is 18.2 Å². The van der Waals surface area contributed by atoms with Gasteiger partial charge in [0.2, 0.25) is 5.95 Å². The largest absolute Gasteiger partial charge is 0.356 e. The van der Waals surface area contributed by atoms with Crippen molar-refractivity contribution >= 4 is 46.5 Å². The Hall–Kier alpha value is -2.62. The number of hydrogen-bond donors (Lipinski definition) is 1. The van der Waals surface area contributed by atoms with Crippen LogP contribution >= 0.6 is 23.2 Å². The number of halogens is 2. The molecule has 3 aliphatic rings. The van der Waals surface area contributed by atoms with Gasteiger partial charge in [-0.1, -0.05) is 53.5 Å². The summed E-state index contributed by atoms with van der Waals surface area (Å²) in [4.78, 5) is 17.0. The van der Waals surface area contributed by atoms with E-state index in [1.54, 1.807) is 6.07 Å². The molecule has 10 heteroatoms. The van der Waals surface area contributed by atoms with Crippen molar-refractivity contribution in [1.82, 2.24) is 14.9 Å². The Kier molecular flexibility index (Phi) is 7.59. The van der Waals surface area contributed by atoms with E-state index in [4.69, 9.17) is 42.6 Å². The number of nitrogens with zero attached hydrogens (tertiary/aromatic N) is 5. The number of ether oxygens (including phenoxy) is 2. The van der Waals surface area contributed by atoms with Crippen molar-refractivity contribution < 1.29 is 9.47 Å². The number of aromatic nitrogens is 2. The van der Waals surface area contributed by atoms with Gasteiger partial charge in [-0.2, -0.15) is 9.97 Å². The number of rotatable bonds is 6. The van der Waals surface area contributed by atoms with Crippen LogP contribution in [0.15, 0.2) is 54.6 Å². The quantitative estimate of drug-likeness (QED) is 0.446. The Morgan fingerprint density at radius 2 is 1.53 bits per heavy atom. The number of piperazine rings is 1. The van der Waals surface area contributed by atoms with Crippen molar-refractivity contribution in [2.45, 2.75) is 25.2 Å². The van der Waals surface area contributed by atoms with E-state index in [0.29, 0.717) is 23.3 Å². The highest BCUT2D eigenvalue weighted by molar-refractivity contribution is 6.42. The van der Waals surface area contributed by atoms with Gasteiger partial charge in [0.05, 0.1) is 23.3 Å². The van der Waals surface area contributed by atoms with Crippen molar-refractivity contribution in [2.24, 2.45) is 0 Å². The molecule has 200 valence electrons. The van der Waals surface area contributed by atoms with Crippen LogP contribution in [-0.2, 0) is 16.0 Å². The van der Waals surface area contributed by atoms with E-state index in [0.717, 1.165) is 81.9 Å². The molecular formula is C28H32Cl2N6O2. The van der Waals surface area contributed by atoms with Gasteiger partial charge < -0.3 is 24.6 Å². The highest BCUT2D eigenvalue weighted by Gasteiger charge is 2.40. The van der Waals surface area contributed by atoms with Crippen LogP contribution in [-0.4, -0.2) is 73.1 Å². The molecule has 0 amide bonds. The first-order valence-electron chi connectivity index (χ1n) is 13.2. The maximum atomic E-state index is 6.27. The van der Waals surface area contributed by atoms with Crippen LogP contribution in [0.3, 0.4) is 0 Å². The van der Waals surface area contributed by atoms with Crippen LogP contribution < -0.4 is 15.1 Å². The molecule has 3 fully saturated rings. The minimum absolute atomic E-state index is 0.428. The molecule has 1 N–H and O–H groups in total. The van der Waals surface area contributed by atoms with Crippen LogP contribution in [0, 0.1) is 0 Å². The predicted molar refractivity (Wildman–Crippen MR) is 152 cm³/mol. The van der Waals surface area contributed by atoms with Gasteiger partial charge in [0.25, 0.3) is 0 Å². The molecule has 38 heavy (non-hydrogen) atoms. The third-order valence-corrected chi connectivity index (χ3v) is 8.20. The monoisotopic (exact) mass is 554 g/mol. The molecule has 0 saturated carbocycles. The first-order valence-corrected chi connectivity index (χ1v) is 14.0. The van der Waals surface area contributed by atoms with Gasteiger partial charge in [0.15, 0.2) is 5.79 Å².